The van der Waals surface area contributed by atoms with Crippen molar-refractivity contribution in [2.45, 2.75) is 6.61 Å². The first-order valence-corrected chi connectivity index (χ1v) is 5.98. The normalized spacial score (nSPS) is 9.68. The molecule has 0 aliphatic heterocycles. The van der Waals surface area contributed by atoms with Crippen molar-refractivity contribution < 1.29 is 9.53 Å². The Morgan fingerprint density at radius 1 is 1.26 bits per heavy atom. The van der Waals surface area contributed by atoms with Gasteiger partial charge in [-0.25, -0.2) is 0 Å². The third-order valence-corrected chi connectivity index (χ3v) is 2.97. The molecule has 19 heavy (non-hydrogen) atoms. The highest BCUT2D eigenvalue weighted by atomic mass is 35.5. The first kappa shape index (κ1) is 13.1. The van der Waals surface area contributed by atoms with Crippen LogP contribution in [0.15, 0.2) is 42.5 Å². The Balaban J connectivity index is 2.18. The van der Waals surface area contributed by atoms with Crippen LogP contribution in [0.2, 0.25) is 5.02 Å². The smallest absolute Gasteiger partial charge is 0.150 e. The fourth-order valence-electron chi connectivity index (χ4n) is 1.61. The van der Waals surface area contributed by atoms with E-state index in [4.69, 9.17) is 21.6 Å². The molecule has 0 aliphatic rings. The maximum absolute atomic E-state index is 10.6. The van der Waals surface area contributed by atoms with Crippen molar-refractivity contribution in [2.24, 2.45) is 0 Å². The minimum absolute atomic E-state index is 0.273. The number of nitriles is 1. The van der Waals surface area contributed by atoms with Crippen molar-refractivity contribution in [3.05, 3.63) is 64.2 Å². The summed E-state index contributed by atoms with van der Waals surface area (Å²) in [6.45, 7) is 0.273. The second-order valence-electron chi connectivity index (χ2n) is 3.87. The minimum Gasteiger partial charge on any atom is -0.487 e. The van der Waals surface area contributed by atoms with Crippen molar-refractivity contribution >= 4 is 17.9 Å². The average molecular weight is 272 g/mol. The third kappa shape index (κ3) is 3.12. The topological polar surface area (TPSA) is 50.1 Å². The van der Waals surface area contributed by atoms with Gasteiger partial charge in [0.1, 0.15) is 24.7 Å². The van der Waals surface area contributed by atoms with E-state index in [-0.39, 0.29) is 6.61 Å². The first-order valence-electron chi connectivity index (χ1n) is 5.60. The van der Waals surface area contributed by atoms with Crippen LogP contribution in [0.1, 0.15) is 21.5 Å². The molecule has 0 bridgehead atoms. The van der Waals surface area contributed by atoms with Crippen molar-refractivity contribution in [2.75, 3.05) is 0 Å². The highest BCUT2D eigenvalue weighted by Gasteiger charge is 2.06. The lowest BCUT2D eigenvalue weighted by molar-refractivity contribution is 0.112. The largest absolute Gasteiger partial charge is 0.487 e. The summed E-state index contributed by atoms with van der Waals surface area (Å²) in [5.41, 5.74) is 1.62. The predicted octanol–water partition coefficient (Wildman–Crippen LogP) is 3.60. The van der Waals surface area contributed by atoms with Crippen molar-refractivity contribution in [3.63, 3.8) is 0 Å². The van der Waals surface area contributed by atoms with Gasteiger partial charge in [-0.2, -0.15) is 5.26 Å². The molecule has 2 rings (SSSR count). The van der Waals surface area contributed by atoms with Gasteiger partial charge >= 0.3 is 0 Å². The van der Waals surface area contributed by atoms with E-state index in [0.29, 0.717) is 28.2 Å². The molecule has 0 amide bonds. The summed E-state index contributed by atoms with van der Waals surface area (Å²) in [6, 6.07) is 14.1. The number of nitrogens with zero attached hydrogens (tertiary/aromatic N) is 1. The van der Waals surface area contributed by atoms with E-state index in [0.717, 1.165) is 5.56 Å². The molecule has 94 valence electrons. The molecule has 3 nitrogen and oxygen atoms in total. The van der Waals surface area contributed by atoms with Gasteiger partial charge in [-0.3, -0.25) is 4.79 Å². The number of aldehydes is 1. The standard InChI is InChI=1S/C15H10ClNO2/c16-14-4-2-1-3-12(14)10-19-15-6-5-11(9-18)7-13(15)8-17/h1-7,9H,10H2. The highest BCUT2D eigenvalue weighted by molar-refractivity contribution is 6.31. The lowest BCUT2D eigenvalue weighted by Gasteiger charge is -2.09. The number of hydrogen-bond acceptors (Lipinski definition) is 3. The lowest BCUT2D eigenvalue weighted by Crippen LogP contribution is -1.98. The summed E-state index contributed by atoms with van der Waals surface area (Å²) in [5.74, 6) is 0.438. The van der Waals surface area contributed by atoms with Crippen LogP contribution < -0.4 is 4.74 Å². The Hall–Kier alpha value is -2.31. The van der Waals surface area contributed by atoms with Crippen molar-refractivity contribution in [1.29, 1.82) is 5.26 Å². The number of halogens is 1. The summed E-state index contributed by atoms with van der Waals surface area (Å²) in [5, 5.41) is 9.63. The molecule has 0 atom stereocenters. The molecule has 0 unspecified atom stereocenters. The Bertz CT molecular complexity index is 647. The van der Waals surface area contributed by atoms with Gasteiger partial charge in [-0.15, -0.1) is 0 Å². The Kier molecular flexibility index (Phi) is 4.17. The third-order valence-electron chi connectivity index (χ3n) is 2.60. The fourth-order valence-corrected chi connectivity index (χ4v) is 1.80. The Labute approximate surface area is 116 Å². The first-order chi connectivity index (χ1) is 9.24. The van der Waals surface area contributed by atoms with Crippen molar-refractivity contribution in [3.8, 4) is 11.8 Å². The van der Waals surface area contributed by atoms with Gasteiger partial charge in [0.2, 0.25) is 0 Å². The maximum atomic E-state index is 10.6. The molecule has 0 spiro atoms. The zero-order valence-corrected chi connectivity index (χ0v) is 10.7. The van der Waals surface area contributed by atoms with Crippen LogP contribution in [0.4, 0.5) is 0 Å². The fraction of sp³-hybridized carbons (Fsp3) is 0.0667. The van der Waals surface area contributed by atoms with Crippen LogP contribution in [0.25, 0.3) is 0 Å². The molecular weight excluding hydrogens is 262 g/mol. The van der Waals surface area contributed by atoms with E-state index in [9.17, 15) is 4.79 Å². The van der Waals surface area contributed by atoms with Gasteiger partial charge in [0.15, 0.2) is 0 Å². The maximum Gasteiger partial charge on any atom is 0.150 e. The number of carbonyl (C=O) groups is 1. The van der Waals surface area contributed by atoms with E-state index in [2.05, 4.69) is 0 Å². The van der Waals surface area contributed by atoms with Crippen LogP contribution in [-0.4, -0.2) is 6.29 Å². The van der Waals surface area contributed by atoms with Gasteiger partial charge in [-0.1, -0.05) is 29.8 Å². The van der Waals surface area contributed by atoms with Crippen LogP contribution >= 0.6 is 11.6 Å². The quantitative estimate of drug-likeness (QED) is 0.798. The molecule has 0 saturated carbocycles. The van der Waals surface area contributed by atoms with Gasteiger partial charge < -0.3 is 4.74 Å². The molecular formula is C15H10ClNO2. The van der Waals surface area contributed by atoms with E-state index < -0.39 is 0 Å². The van der Waals surface area contributed by atoms with Crippen LogP contribution in [0.3, 0.4) is 0 Å². The van der Waals surface area contributed by atoms with Gasteiger partial charge in [0, 0.05) is 16.1 Å². The van der Waals surface area contributed by atoms with Crippen LogP contribution in [-0.2, 0) is 6.61 Å². The SMILES string of the molecule is N#Cc1cc(C=O)ccc1OCc1ccccc1Cl. The summed E-state index contributed by atoms with van der Waals surface area (Å²) in [4.78, 5) is 10.6. The molecule has 2 aromatic rings. The second-order valence-corrected chi connectivity index (χ2v) is 4.27. The second kappa shape index (κ2) is 6.03. The van der Waals surface area contributed by atoms with Crippen LogP contribution in [0.5, 0.6) is 5.75 Å². The number of ether oxygens (including phenoxy) is 1. The Morgan fingerprint density at radius 3 is 2.74 bits per heavy atom. The molecule has 2 aromatic carbocycles. The summed E-state index contributed by atoms with van der Waals surface area (Å²) >= 11 is 6.02. The Morgan fingerprint density at radius 2 is 2.05 bits per heavy atom. The monoisotopic (exact) mass is 271 g/mol. The molecule has 0 aliphatic carbocycles. The summed E-state index contributed by atoms with van der Waals surface area (Å²) < 4.78 is 5.57. The minimum atomic E-state index is 0.273. The zero-order chi connectivity index (χ0) is 13.7. The van der Waals surface area contributed by atoms with Gasteiger partial charge in [0.05, 0.1) is 5.56 Å². The van der Waals surface area contributed by atoms with Crippen molar-refractivity contribution in [1.82, 2.24) is 0 Å². The molecule has 4 heteroatoms. The summed E-state index contributed by atoms with van der Waals surface area (Å²) in [7, 11) is 0. The van der Waals surface area contributed by atoms with Crippen LogP contribution in [0, 0.1) is 11.3 Å². The zero-order valence-electron chi connectivity index (χ0n) is 9.97. The van der Waals surface area contributed by atoms with Gasteiger partial charge in [-0.05, 0) is 24.3 Å². The van der Waals surface area contributed by atoms with E-state index in [1.807, 2.05) is 24.3 Å². The molecule has 0 radical (unpaired) electrons. The molecule has 0 heterocycles. The number of carbonyl (C=O) groups excluding carboxylic acids is 1. The number of hydrogen-bond donors (Lipinski definition) is 0. The average Bonchev–Trinajstić information content (AvgIpc) is 2.46. The molecule has 0 aromatic heterocycles. The summed E-state index contributed by atoms with van der Waals surface area (Å²) in [6.07, 6.45) is 0.693. The van der Waals surface area contributed by atoms with Gasteiger partial charge in [0.25, 0.3) is 0 Å². The number of rotatable bonds is 4. The van der Waals surface area contributed by atoms with E-state index in [1.54, 1.807) is 18.2 Å². The lowest BCUT2D eigenvalue weighted by atomic mass is 10.1. The van der Waals surface area contributed by atoms with E-state index in [1.165, 1.54) is 6.07 Å². The predicted molar refractivity (Wildman–Crippen MR) is 72.3 cm³/mol. The number of benzene rings is 2. The molecule has 0 fully saturated rings. The molecule has 0 saturated heterocycles. The molecule has 0 N–H and O–H groups in total. The highest BCUT2D eigenvalue weighted by Crippen LogP contribution is 2.22. The van der Waals surface area contributed by atoms with E-state index >= 15 is 0 Å².